The van der Waals surface area contributed by atoms with E-state index in [1.807, 2.05) is 13.1 Å². The number of aromatic carboxylic acids is 1. The first-order chi connectivity index (χ1) is 10.6. The van der Waals surface area contributed by atoms with Gasteiger partial charge in [-0.05, 0) is 38.4 Å². The Kier molecular flexibility index (Phi) is 4.15. The van der Waals surface area contributed by atoms with E-state index in [0.717, 1.165) is 42.8 Å². The molecule has 22 heavy (non-hydrogen) atoms. The number of aromatic amines is 1. The Balaban J connectivity index is 1.61. The zero-order chi connectivity index (χ0) is 15.5. The molecule has 2 aromatic heterocycles. The van der Waals surface area contributed by atoms with Gasteiger partial charge < -0.3 is 5.11 Å². The van der Waals surface area contributed by atoms with Crippen LogP contribution in [0.3, 0.4) is 0 Å². The number of likely N-dealkylation sites (tertiary alicyclic amines) is 1. The van der Waals surface area contributed by atoms with E-state index >= 15 is 0 Å². The summed E-state index contributed by atoms with van der Waals surface area (Å²) in [4.78, 5) is 21.8. The topological polar surface area (TPSA) is 95.0 Å². The fourth-order valence-electron chi connectivity index (χ4n) is 3.06. The van der Waals surface area contributed by atoms with E-state index in [4.69, 9.17) is 5.11 Å². The van der Waals surface area contributed by atoms with Crippen molar-refractivity contribution in [2.75, 3.05) is 13.1 Å². The van der Waals surface area contributed by atoms with Gasteiger partial charge in [-0.15, -0.1) is 0 Å². The number of H-pyrrole nitrogens is 1. The van der Waals surface area contributed by atoms with Crippen molar-refractivity contribution in [1.29, 1.82) is 0 Å². The number of piperidine rings is 1. The van der Waals surface area contributed by atoms with Gasteiger partial charge in [0.1, 0.15) is 12.0 Å². The Morgan fingerprint density at radius 1 is 1.41 bits per heavy atom. The van der Waals surface area contributed by atoms with Crippen LogP contribution in [-0.2, 0) is 6.54 Å². The molecule has 0 amide bonds. The third-order valence-corrected chi connectivity index (χ3v) is 4.24. The Hall–Kier alpha value is -2.28. The molecule has 2 aromatic rings. The summed E-state index contributed by atoms with van der Waals surface area (Å²) in [7, 11) is 0. The minimum atomic E-state index is -0.959. The van der Waals surface area contributed by atoms with E-state index in [1.54, 1.807) is 12.5 Å². The lowest BCUT2D eigenvalue weighted by Gasteiger charge is -2.31. The normalized spacial score (nSPS) is 16.8. The first-order valence-corrected chi connectivity index (χ1v) is 7.39. The molecule has 0 spiro atoms. The SMILES string of the molecule is Cc1cncnc1C1CCN(Cc2cn[nH]c2C(=O)O)CC1. The molecule has 2 N–H and O–H groups in total. The lowest BCUT2D eigenvalue weighted by Crippen LogP contribution is -2.33. The van der Waals surface area contributed by atoms with Crippen molar-refractivity contribution in [1.82, 2.24) is 25.1 Å². The average molecular weight is 301 g/mol. The van der Waals surface area contributed by atoms with Crippen molar-refractivity contribution in [2.24, 2.45) is 0 Å². The molecule has 116 valence electrons. The molecule has 0 radical (unpaired) electrons. The van der Waals surface area contributed by atoms with E-state index in [1.165, 1.54) is 0 Å². The first kappa shape index (κ1) is 14.6. The van der Waals surface area contributed by atoms with E-state index in [-0.39, 0.29) is 5.69 Å². The lowest BCUT2D eigenvalue weighted by atomic mass is 9.91. The number of carboxylic acid groups (broad SMARTS) is 1. The van der Waals surface area contributed by atoms with Crippen molar-refractivity contribution in [3.8, 4) is 0 Å². The molecule has 3 rings (SSSR count). The highest BCUT2D eigenvalue weighted by Gasteiger charge is 2.24. The Morgan fingerprint density at radius 2 is 2.18 bits per heavy atom. The summed E-state index contributed by atoms with van der Waals surface area (Å²) in [5.74, 6) is -0.499. The van der Waals surface area contributed by atoms with Gasteiger partial charge in [-0.2, -0.15) is 5.10 Å². The molecular formula is C15H19N5O2. The predicted molar refractivity (Wildman–Crippen MR) is 79.6 cm³/mol. The van der Waals surface area contributed by atoms with Gasteiger partial charge in [0.2, 0.25) is 0 Å². The van der Waals surface area contributed by atoms with Crippen LogP contribution in [0.25, 0.3) is 0 Å². The molecule has 7 heteroatoms. The maximum absolute atomic E-state index is 11.1. The lowest BCUT2D eigenvalue weighted by molar-refractivity contribution is 0.0687. The summed E-state index contributed by atoms with van der Waals surface area (Å²) in [6, 6.07) is 0. The van der Waals surface area contributed by atoms with Gasteiger partial charge in [-0.1, -0.05) is 0 Å². The summed E-state index contributed by atoms with van der Waals surface area (Å²) >= 11 is 0. The fraction of sp³-hybridized carbons (Fsp3) is 0.467. The summed E-state index contributed by atoms with van der Waals surface area (Å²) in [6.45, 7) is 4.52. The molecule has 0 unspecified atom stereocenters. The molecule has 3 heterocycles. The van der Waals surface area contributed by atoms with Crippen molar-refractivity contribution < 1.29 is 9.90 Å². The Labute approximate surface area is 128 Å². The zero-order valence-corrected chi connectivity index (χ0v) is 12.5. The monoisotopic (exact) mass is 301 g/mol. The van der Waals surface area contributed by atoms with Crippen LogP contribution in [0.2, 0.25) is 0 Å². The minimum Gasteiger partial charge on any atom is -0.477 e. The zero-order valence-electron chi connectivity index (χ0n) is 12.5. The highest BCUT2D eigenvalue weighted by Crippen LogP contribution is 2.28. The van der Waals surface area contributed by atoms with Gasteiger partial charge in [-0.25, -0.2) is 14.8 Å². The maximum Gasteiger partial charge on any atom is 0.354 e. The summed E-state index contributed by atoms with van der Waals surface area (Å²) < 4.78 is 0. The largest absolute Gasteiger partial charge is 0.477 e. The van der Waals surface area contributed by atoms with Gasteiger partial charge >= 0.3 is 5.97 Å². The van der Waals surface area contributed by atoms with Crippen LogP contribution in [0, 0.1) is 6.92 Å². The molecule has 0 atom stereocenters. The number of hydrogen-bond acceptors (Lipinski definition) is 5. The standard InChI is InChI=1S/C15H19N5O2/c1-10-6-16-9-17-13(10)11-2-4-20(5-3-11)8-12-7-18-19-14(12)15(21)22/h6-7,9,11H,2-5,8H2,1H3,(H,18,19)(H,21,22). The van der Waals surface area contributed by atoms with Crippen molar-refractivity contribution in [3.63, 3.8) is 0 Å². The number of carbonyl (C=O) groups is 1. The number of carboxylic acids is 1. The van der Waals surface area contributed by atoms with Crippen molar-refractivity contribution in [2.45, 2.75) is 32.2 Å². The number of hydrogen-bond donors (Lipinski definition) is 2. The molecule has 1 aliphatic rings. The van der Waals surface area contributed by atoms with Gasteiger partial charge in [0, 0.05) is 29.9 Å². The first-order valence-electron chi connectivity index (χ1n) is 7.39. The quantitative estimate of drug-likeness (QED) is 0.890. The van der Waals surface area contributed by atoms with E-state index in [9.17, 15) is 4.79 Å². The molecule has 0 aromatic carbocycles. The third-order valence-electron chi connectivity index (χ3n) is 4.24. The number of nitrogens with one attached hydrogen (secondary N) is 1. The highest BCUT2D eigenvalue weighted by atomic mass is 16.4. The van der Waals surface area contributed by atoms with Gasteiger partial charge in [0.05, 0.1) is 6.20 Å². The van der Waals surface area contributed by atoms with Gasteiger partial charge in [0.15, 0.2) is 0 Å². The van der Waals surface area contributed by atoms with E-state index in [2.05, 4.69) is 25.1 Å². The Morgan fingerprint density at radius 3 is 2.86 bits per heavy atom. The summed E-state index contributed by atoms with van der Waals surface area (Å²) in [5, 5.41) is 15.5. The summed E-state index contributed by atoms with van der Waals surface area (Å²) in [6.07, 6.45) is 7.12. The number of nitrogens with zero attached hydrogens (tertiary/aromatic N) is 4. The summed E-state index contributed by atoms with van der Waals surface area (Å²) in [5.41, 5.74) is 3.21. The van der Waals surface area contributed by atoms with Crippen LogP contribution in [0.15, 0.2) is 18.7 Å². The van der Waals surface area contributed by atoms with Crippen LogP contribution in [0.5, 0.6) is 0 Å². The second kappa shape index (κ2) is 6.23. The number of aromatic nitrogens is 4. The van der Waals surface area contributed by atoms with Crippen LogP contribution in [-0.4, -0.2) is 49.2 Å². The molecule has 0 saturated carbocycles. The van der Waals surface area contributed by atoms with Crippen LogP contribution in [0.1, 0.15) is 46.1 Å². The predicted octanol–water partition coefficient (Wildman–Crippen LogP) is 1.59. The molecular weight excluding hydrogens is 282 g/mol. The third kappa shape index (κ3) is 2.99. The highest BCUT2D eigenvalue weighted by molar-refractivity contribution is 5.86. The average Bonchev–Trinajstić information content (AvgIpc) is 2.97. The minimum absolute atomic E-state index is 0.189. The molecule has 1 saturated heterocycles. The van der Waals surface area contributed by atoms with E-state index < -0.39 is 5.97 Å². The van der Waals surface area contributed by atoms with Gasteiger partial charge in [-0.3, -0.25) is 10.00 Å². The maximum atomic E-state index is 11.1. The number of aryl methyl sites for hydroxylation is 1. The molecule has 1 aliphatic heterocycles. The van der Waals surface area contributed by atoms with Crippen LogP contribution >= 0.6 is 0 Å². The van der Waals surface area contributed by atoms with Crippen LogP contribution in [0.4, 0.5) is 0 Å². The molecule has 0 aliphatic carbocycles. The molecule has 0 bridgehead atoms. The molecule has 1 fully saturated rings. The second-order valence-corrected chi connectivity index (χ2v) is 5.72. The second-order valence-electron chi connectivity index (χ2n) is 5.72. The van der Waals surface area contributed by atoms with Crippen molar-refractivity contribution in [3.05, 3.63) is 41.2 Å². The molecule has 7 nitrogen and oxygen atoms in total. The van der Waals surface area contributed by atoms with Crippen LogP contribution < -0.4 is 0 Å². The van der Waals surface area contributed by atoms with Gasteiger partial charge in [0.25, 0.3) is 0 Å². The smallest absolute Gasteiger partial charge is 0.354 e. The number of rotatable bonds is 4. The Bertz CT molecular complexity index is 661. The van der Waals surface area contributed by atoms with E-state index in [0.29, 0.717) is 12.5 Å². The van der Waals surface area contributed by atoms with Crippen molar-refractivity contribution >= 4 is 5.97 Å². The fourth-order valence-corrected chi connectivity index (χ4v) is 3.06.